The topological polar surface area (TPSA) is 70.2 Å². The number of thiophene rings is 1. The molecule has 5 nitrogen and oxygen atoms in total. The fourth-order valence-corrected chi connectivity index (χ4v) is 3.92. The van der Waals surface area contributed by atoms with Crippen LogP contribution in [0.1, 0.15) is 33.0 Å². The SMILES string of the molecule is C=CCNC(=O)Nc1ccc(NC(=O)c2cc3c(s2)CCCC3)cc1. The predicted octanol–water partition coefficient (Wildman–Crippen LogP) is 4.19. The Hall–Kier alpha value is -2.60. The van der Waals surface area contributed by atoms with E-state index >= 15 is 0 Å². The number of carbonyl (C=O) groups excluding carboxylic acids is 2. The lowest BCUT2D eigenvalue weighted by molar-refractivity contribution is 0.103. The zero-order chi connectivity index (χ0) is 17.6. The quantitative estimate of drug-likeness (QED) is 0.704. The first kappa shape index (κ1) is 17.2. The van der Waals surface area contributed by atoms with Crippen LogP contribution in [-0.2, 0) is 12.8 Å². The van der Waals surface area contributed by atoms with Crippen LogP contribution >= 0.6 is 11.3 Å². The second kappa shape index (κ2) is 7.98. The molecular formula is C19H21N3O2S. The Bertz CT molecular complexity index is 757. The van der Waals surface area contributed by atoms with Crippen LogP contribution in [0.15, 0.2) is 43.0 Å². The molecule has 3 N–H and O–H groups in total. The maximum atomic E-state index is 12.4. The van der Waals surface area contributed by atoms with Crippen molar-refractivity contribution >= 4 is 34.6 Å². The summed E-state index contributed by atoms with van der Waals surface area (Å²) in [7, 11) is 0. The van der Waals surface area contributed by atoms with Gasteiger partial charge in [-0.3, -0.25) is 4.79 Å². The van der Waals surface area contributed by atoms with Crippen molar-refractivity contribution in [3.05, 3.63) is 58.3 Å². The fraction of sp³-hybridized carbons (Fsp3) is 0.263. The Morgan fingerprint density at radius 2 is 1.76 bits per heavy atom. The Kier molecular flexibility index (Phi) is 5.50. The van der Waals surface area contributed by atoms with E-state index in [-0.39, 0.29) is 11.9 Å². The molecule has 0 radical (unpaired) electrons. The molecule has 6 heteroatoms. The van der Waals surface area contributed by atoms with Crippen LogP contribution in [0.2, 0.25) is 0 Å². The highest BCUT2D eigenvalue weighted by atomic mass is 32.1. The van der Waals surface area contributed by atoms with E-state index < -0.39 is 0 Å². The molecule has 1 heterocycles. The molecule has 0 aliphatic heterocycles. The molecule has 0 fully saturated rings. The van der Waals surface area contributed by atoms with Gasteiger partial charge < -0.3 is 16.0 Å². The van der Waals surface area contributed by atoms with Crippen molar-refractivity contribution in [1.82, 2.24) is 5.32 Å². The molecular weight excluding hydrogens is 334 g/mol. The molecule has 0 bridgehead atoms. The van der Waals surface area contributed by atoms with E-state index in [0.717, 1.165) is 17.7 Å². The zero-order valence-electron chi connectivity index (χ0n) is 13.9. The lowest BCUT2D eigenvalue weighted by Crippen LogP contribution is -2.28. The molecule has 0 spiro atoms. The zero-order valence-corrected chi connectivity index (χ0v) is 14.7. The first-order valence-electron chi connectivity index (χ1n) is 8.34. The lowest BCUT2D eigenvalue weighted by atomic mass is 9.99. The van der Waals surface area contributed by atoms with Crippen molar-refractivity contribution < 1.29 is 9.59 Å². The van der Waals surface area contributed by atoms with Crippen LogP contribution in [0.4, 0.5) is 16.2 Å². The molecule has 0 unspecified atom stereocenters. The summed E-state index contributed by atoms with van der Waals surface area (Å²) in [4.78, 5) is 26.1. The summed E-state index contributed by atoms with van der Waals surface area (Å²) in [5.74, 6) is -0.0798. The van der Waals surface area contributed by atoms with Gasteiger partial charge >= 0.3 is 6.03 Å². The third-order valence-electron chi connectivity index (χ3n) is 4.03. The molecule has 25 heavy (non-hydrogen) atoms. The van der Waals surface area contributed by atoms with E-state index in [1.807, 2.05) is 6.07 Å². The number of urea groups is 1. The number of nitrogens with one attached hydrogen (secondary N) is 3. The van der Waals surface area contributed by atoms with Gasteiger partial charge in [0.15, 0.2) is 0 Å². The Morgan fingerprint density at radius 3 is 2.44 bits per heavy atom. The number of rotatable bonds is 5. The maximum Gasteiger partial charge on any atom is 0.319 e. The Labute approximate surface area is 151 Å². The number of benzene rings is 1. The maximum absolute atomic E-state index is 12.4. The van der Waals surface area contributed by atoms with E-state index in [2.05, 4.69) is 22.5 Å². The predicted molar refractivity (Wildman–Crippen MR) is 103 cm³/mol. The van der Waals surface area contributed by atoms with Crippen molar-refractivity contribution in [2.24, 2.45) is 0 Å². The lowest BCUT2D eigenvalue weighted by Gasteiger charge is -2.08. The monoisotopic (exact) mass is 355 g/mol. The first-order valence-corrected chi connectivity index (χ1v) is 9.16. The molecule has 2 aromatic rings. The van der Waals surface area contributed by atoms with Crippen LogP contribution in [-0.4, -0.2) is 18.5 Å². The Morgan fingerprint density at radius 1 is 1.08 bits per heavy atom. The highest BCUT2D eigenvalue weighted by molar-refractivity contribution is 7.14. The van der Waals surface area contributed by atoms with Gasteiger partial charge in [0, 0.05) is 22.8 Å². The molecule has 0 saturated carbocycles. The molecule has 130 valence electrons. The first-order chi connectivity index (χ1) is 12.2. The largest absolute Gasteiger partial charge is 0.334 e. The second-order valence-electron chi connectivity index (χ2n) is 5.92. The molecule has 1 aliphatic rings. The fourth-order valence-electron chi connectivity index (χ4n) is 2.77. The normalized spacial score (nSPS) is 12.8. The number of amides is 3. The number of hydrogen-bond acceptors (Lipinski definition) is 3. The van der Waals surface area contributed by atoms with Gasteiger partial charge in [-0.05, 0) is 61.6 Å². The van der Waals surface area contributed by atoms with Crippen LogP contribution in [0.25, 0.3) is 0 Å². The van der Waals surface area contributed by atoms with Gasteiger partial charge in [0.2, 0.25) is 0 Å². The van der Waals surface area contributed by atoms with Crippen LogP contribution < -0.4 is 16.0 Å². The summed E-state index contributed by atoms with van der Waals surface area (Å²) in [5.41, 5.74) is 2.69. The molecule has 3 rings (SSSR count). The third-order valence-corrected chi connectivity index (χ3v) is 5.26. The number of hydrogen-bond donors (Lipinski definition) is 3. The van der Waals surface area contributed by atoms with E-state index in [9.17, 15) is 9.59 Å². The number of carbonyl (C=O) groups is 2. The van der Waals surface area contributed by atoms with Gasteiger partial charge in [0.1, 0.15) is 0 Å². The smallest absolute Gasteiger partial charge is 0.319 e. The number of anilines is 2. The van der Waals surface area contributed by atoms with E-state index in [0.29, 0.717) is 17.9 Å². The summed E-state index contributed by atoms with van der Waals surface area (Å²) >= 11 is 1.60. The number of fused-ring (bicyclic) bond motifs is 1. The number of aryl methyl sites for hydroxylation is 2. The minimum atomic E-state index is -0.291. The molecule has 0 saturated heterocycles. The second-order valence-corrected chi connectivity index (χ2v) is 7.06. The summed E-state index contributed by atoms with van der Waals surface area (Å²) < 4.78 is 0. The highest BCUT2D eigenvalue weighted by Gasteiger charge is 2.17. The average molecular weight is 355 g/mol. The summed E-state index contributed by atoms with van der Waals surface area (Å²) in [6.45, 7) is 3.95. The van der Waals surface area contributed by atoms with Gasteiger partial charge in [-0.1, -0.05) is 6.08 Å². The molecule has 1 aliphatic carbocycles. The van der Waals surface area contributed by atoms with E-state index in [1.165, 1.54) is 23.3 Å². The summed E-state index contributed by atoms with van der Waals surface area (Å²) in [6, 6.07) is 8.78. The van der Waals surface area contributed by atoms with Crippen molar-refractivity contribution in [3.8, 4) is 0 Å². The van der Waals surface area contributed by atoms with Crippen LogP contribution in [0, 0.1) is 0 Å². The van der Waals surface area contributed by atoms with Crippen molar-refractivity contribution in [1.29, 1.82) is 0 Å². The standard InChI is InChI=1S/C19H21N3O2S/c1-2-11-20-19(24)22-15-9-7-14(8-10-15)21-18(23)17-12-13-5-3-4-6-16(13)25-17/h2,7-10,12H,1,3-6,11H2,(H,21,23)(H2,20,22,24). The van der Waals surface area contributed by atoms with Gasteiger partial charge in [-0.2, -0.15) is 0 Å². The van der Waals surface area contributed by atoms with Crippen molar-refractivity contribution in [3.63, 3.8) is 0 Å². The summed E-state index contributed by atoms with van der Waals surface area (Å²) in [6.07, 6.45) is 6.19. The van der Waals surface area contributed by atoms with Gasteiger partial charge in [0.25, 0.3) is 5.91 Å². The Balaban J connectivity index is 1.59. The molecule has 1 aromatic heterocycles. The van der Waals surface area contributed by atoms with Crippen molar-refractivity contribution in [2.75, 3.05) is 17.2 Å². The summed E-state index contributed by atoms with van der Waals surface area (Å²) in [5, 5.41) is 8.26. The highest BCUT2D eigenvalue weighted by Crippen LogP contribution is 2.30. The van der Waals surface area contributed by atoms with E-state index in [1.54, 1.807) is 41.7 Å². The third kappa shape index (κ3) is 4.48. The van der Waals surface area contributed by atoms with Crippen LogP contribution in [0.5, 0.6) is 0 Å². The van der Waals surface area contributed by atoms with Gasteiger partial charge in [-0.25, -0.2) is 4.79 Å². The van der Waals surface area contributed by atoms with Crippen molar-refractivity contribution in [2.45, 2.75) is 25.7 Å². The van der Waals surface area contributed by atoms with E-state index in [4.69, 9.17) is 0 Å². The van der Waals surface area contributed by atoms with Gasteiger partial charge in [-0.15, -0.1) is 17.9 Å². The minimum Gasteiger partial charge on any atom is -0.334 e. The minimum absolute atomic E-state index is 0.0798. The molecule has 0 atom stereocenters. The molecule has 1 aromatic carbocycles. The molecule has 3 amide bonds. The van der Waals surface area contributed by atoms with Crippen LogP contribution in [0.3, 0.4) is 0 Å². The average Bonchev–Trinajstić information content (AvgIpc) is 3.06. The van der Waals surface area contributed by atoms with Gasteiger partial charge in [0.05, 0.1) is 4.88 Å².